The van der Waals surface area contributed by atoms with Crippen LogP contribution in [0.15, 0.2) is 24.3 Å². The molecule has 0 heterocycles. The maximum Gasteiger partial charge on any atom is 0.0406 e. The first-order chi connectivity index (χ1) is 8.43. The summed E-state index contributed by atoms with van der Waals surface area (Å²) in [5.41, 5.74) is 1.60. The SMILES string of the molecule is CCNCC(C)(C)CN(C)Cc1ccc(Cl)cc1. The maximum atomic E-state index is 5.89. The van der Waals surface area contributed by atoms with Gasteiger partial charge >= 0.3 is 0 Å². The third-order valence-corrected chi connectivity index (χ3v) is 3.17. The van der Waals surface area contributed by atoms with Crippen LogP contribution in [0.3, 0.4) is 0 Å². The molecule has 0 amide bonds. The standard InChI is InChI=1S/C15H25ClN2/c1-5-17-11-15(2,3)12-18(4)10-13-6-8-14(16)9-7-13/h6-9,17H,5,10-12H2,1-4H3. The second-order valence-electron chi connectivity index (χ2n) is 5.74. The van der Waals surface area contributed by atoms with Crippen molar-refractivity contribution < 1.29 is 0 Å². The van der Waals surface area contributed by atoms with Gasteiger partial charge in [0, 0.05) is 24.7 Å². The molecular weight excluding hydrogens is 244 g/mol. The summed E-state index contributed by atoms with van der Waals surface area (Å²) in [7, 11) is 2.17. The predicted molar refractivity (Wildman–Crippen MR) is 80.1 cm³/mol. The molecule has 0 radical (unpaired) electrons. The van der Waals surface area contributed by atoms with E-state index in [1.807, 2.05) is 12.1 Å². The zero-order chi connectivity index (χ0) is 13.6. The van der Waals surface area contributed by atoms with Crippen molar-refractivity contribution >= 4 is 11.6 Å². The molecule has 2 nitrogen and oxygen atoms in total. The van der Waals surface area contributed by atoms with Crippen molar-refractivity contribution in [3.63, 3.8) is 0 Å². The highest BCUT2D eigenvalue weighted by Gasteiger charge is 2.19. The average Bonchev–Trinajstić information content (AvgIpc) is 2.29. The molecule has 0 aliphatic rings. The molecule has 1 aromatic carbocycles. The first-order valence-corrected chi connectivity index (χ1v) is 6.94. The Hall–Kier alpha value is -0.570. The zero-order valence-electron chi connectivity index (χ0n) is 12.0. The summed E-state index contributed by atoms with van der Waals surface area (Å²) in [6.07, 6.45) is 0. The fraction of sp³-hybridized carbons (Fsp3) is 0.600. The van der Waals surface area contributed by atoms with E-state index in [2.05, 4.69) is 50.2 Å². The first kappa shape index (κ1) is 15.5. The van der Waals surface area contributed by atoms with Crippen LogP contribution >= 0.6 is 11.6 Å². The summed E-state index contributed by atoms with van der Waals surface area (Å²) in [6, 6.07) is 8.09. The number of benzene rings is 1. The molecule has 0 aromatic heterocycles. The fourth-order valence-corrected chi connectivity index (χ4v) is 2.33. The Kier molecular flexibility index (Phi) is 6.13. The summed E-state index contributed by atoms with van der Waals surface area (Å²) in [5, 5.41) is 4.22. The van der Waals surface area contributed by atoms with Gasteiger partial charge in [-0.05, 0) is 36.7 Å². The lowest BCUT2D eigenvalue weighted by atomic mass is 9.92. The fourth-order valence-electron chi connectivity index (χ4n) is 2.21. The monoisotopic (exact) mass is 268 g/mol. The van der Waals surface area contributed by atoms with E-state index in [-0.39, 0.29) is 5.41 Å². The van der Waals surface area contributed by atoms with Crippen molar-refractivity contribution in [2.45, 2.75) is 27.3 Å². The smallest absolute Gasteiger partial charge is 0.0406 e. The summed E-state index contributed by atoms with van der Waals surface area (Å²) in [6.45, 7) is 10.9. The summed E-state index contributed by atoms with van der Waals surface area (Å²) >= 11 is 5.89. The zero-order valence-corrected chi connectivity index (χ0v) is 12.7. The lowest BCUT2D eigenvalue weighted by molar-refractivity contribution is 0.199. The minimum atomic E-state index is 0.289. The van der Waals surface area contributed by atoms with Gasteiger partial charge in [-0.2, -0.15) is 0 Å². The van der Waals surface area contributed by atoms with E-state index >= 15 is 0 Å². The van der Waals surface area contributed by atoms with Gasteiger partial charge in [0.2, 0.25) is 0 Å². The highest BCUT2D eigenvalue weighted by Crippen LogP contribution is 2.17. The van der Waals surface area contributed by atoms with Crippen LogP contribution in [0.25, 0.3) is 0 Å². The molecule has 0 unspecified atom stereocenters. The predicted octanol–water partition coefficient (Wildman–Crippen LogP) is 3.41. The van der Waals surface area contributed by atoms with Crippen molar-refractivity contribution in [2.24, 2.45) is 5.41 Å². The first-order valence-electron chi connectivity index (χ1n) is 6.56. The summed E-state index contributed by atoms with van der Waals surface area (Å²) in [4.78, 5) is 2.36. The topological polar surface area (TPSA) is 15.3 Å². The molecule has 3 heteroatoms. The van der Waals surface area contributed by atoms with Crippen LogP contribution in [-0.4, -0.2) is 31.6 Å². The normalized spacial score (nSPS) is 12.1. The van der Waals surface area contributed by atoms with Crippen LogP contribution in [0.1, 0.15) is 26.3 Å². The summed E-state index contributed by atoms with van der Waals surface area (Å²) in [5.74, 6) is 0. The van der Waals surface area contributed by atoms with E-state index in [1.54, 1.807) is 0 Å². The highest BCUT2D eigenvalue weighted by molar-refractivity contribution is 6.30. The third kappa shape index (κ3) is 5.85. The molecule has 102 valence electrons. The molecule has 1 N–H and O–H groups in total. The Morgan fingerprint density at radius 2 is 1.83 bits per heavy atom. The maximum absolute atomic E-state index is 5.89. The van der Waals surface area contributed by atoms with Gasteiger partial charge in [0.05, 0.1) is 0 Å². The van der Waals surface area contributed by atoms with Crippen LogP contribution in [0.4, 0.5) is 0 Å². The quantitative estimate of drug-likeness (QED) is 0.815. The van der Waals surface area contributed by atoms with Crippen LogP contribution in [0.5, 0.6) is 0 Å². The Morgan fingerprint density at radius 3 is 2.39 bits per heavy atom. The van der Waals surface area contributed by atoms with Crippen molar-refractivity contribution in [3.05, 3.63) is 34.9 Å². The molecule has 18 heavy (non-hydrogen) atoms. The van der Waals surface area contributed by atoms with Crippen molar-refractivity contribution in [3.8, 4) is 0 Å². The number of halogens is 1. The molecule has 0 spiro atoms. The van der Waals surface area contributed by atoms with Crippen LogP contribution in [0, 0.1) is 5.41 Å². The van der Waals surface area contributed by atoms with Crippen LogP contribution in [-0.2, 0) is 6.54 Å². The van der Waals surface area contributed by atoms with E-state index in [9.17, 15) is 0 Å². The molecule has 0 aliphatic heterocycles. The lowest BCUT2D eigenvalue weighted by Crippen LogP contribution is -2.38. The Labute approximate surface area is 116 Å². The average molecular weight is 269 g/mol. The van der Waals surface area contributed by atoms with E-state index in [0.717, 1.165) is 31.2 Å². The molecule has 0 atom stereocenters. The molecule has 1 rings (SSSR count). The summed E-state index contributed by atoms with van der Waals surface area (Å²) < 4.78 is 0. The minimum absolute atomic E-state index is 0.289. The van der Waals surface area contributed by atoms with E-state index in [0.29, 0.717) is 0 Å². The van der Waals surface area contributed by atoms with Crippen LogP contribution < -0.4 is 5.32 Å². The van der Waals surface area contributed by atoms with Gasteiger partial charge in [-0.25, -0.2) is 0 Å². The van der Waals surface area contributed by atoms with Gasteiger partial charge in [-0.3, -0.25) is 0 Å². The highest BCUT2D eigenvalue weighted by atomic mass is 35.5. The Balaban J connectivity index is 2.45. The number of nitrogens with one attached hydrogen (secondary N) is 1. The Bertz CT molecular complexity index is 346. The number of hydrogen-bond donors (Lipinski definition) is 1. The molecule has 0 saturated heterocycles. The van der Waals surface area contributed by atoms with Crippen molar-refractivity contribution in [1.29, 1.82) is 0 Å². The van der Waals surface area contributed by atoms with E-state index < -0.39 is 0 Å². The van der Waals surface area contributed by atoms with Gasteiger partial charge in [-0.1, -0.05) is 44.5 Å². The molecular formula is C15H25ClN2. The van der Waals surface area contributed by atoms with Gasteiger partial charge in [0.25, 0.3) is 0 Å². The molecule has 0 bridgehead atoms. The molecule has 0 aliphatic carbocycles. The molecule has 0 fully saturated rings. The van der Waals surface area contributed by atoms with E-state index in [1.165, 1.54) is 5.56 Å². The van der Waals surface area contributed by atoms with Gasteiger partial charge in [0.1, 0.15) is 0 Å². The Morgan fingerprint density at radius 1 is 1.22 bits per heavy atom. The number of rotatable bonds is 7. The van der Waals surface area contributed by atoms with Crippen molar-refractivity contribution in [2.75, 3.05) is 26.7 Å². The van der Waals surface area contributed by atoms with Gasteiger partial charge in [-0.15, -0.1) is 0 Å². The van der Waals surface area contributed by atoms with Gasteiger partial charge in [0.15, 0.2) is 0 Å². The molecule has 0 saturated carbocycles. The number of nitrogens with zero attached hydrogens (tertiary/aromatic N) is 1. The minimum Gasteiger partial charge on any atom is -0.316 e. The van der Waals surface area contributed by atoms with Gasteiger partial charge < -0.3 is 10.2 Å². The van der Waals surface area contributed by atoms with Crippen molar-refractivity contribution in [1.82, 2.24) is 10.2 Å². The second-order valence-corrected chi connectivity index (χ2v) is 6.18. The second kappa shape index (κ2) is 7.13. The molecule has 1 aromatic rings. The number of hydrogen-bond acceptors (Lipinski definition) is 2. The van der Waals surface area contributed by atoms with E-state index in [4.69, 9.17) is 11.6 Å². The third-order valence-electron chi connectivity index (χ3n) is 2.92. The lowest BCUT2D eigenvalue weighted by Gasteiger charge is -2.30. The van der Waals surface area contributed by atoms with Crippen LogP contribution in [0.2, 0.25) is 5.02 Å². The largest absolute Gasteiger partial charge is 0.316 e.